The molecule has 0 atom stereocenters. The quantitative estimate of drug-likeness (QED) is 0.296. The average Bonchev–Trinajstić information content (AvgIpc) is 3.24. The third-order valence-corrected chi connectivity index (χ3v) is 5.29. The number of carbonyl (C=O) groups is 1. The van der Waals surface area contributed by atoms with E-state index in [2.05, 4.69) is 9.88 Å². The van der Waals surface area contributed by atoms with E-state index in [4.69, 9.17) is 20.8 Å². The van der Waals surface area contributed by atoms with E-state index in [1.807, 2.05) is 48.5 Å². The van der Waals surface area contributed by atoms with Gasteiger partial charge in [-0.1, -0.05) is 48.0 Å². The lowest BCUT2D eigenvalue weighted by atomic mass is 10.2. The molecule has 32 heavy (non-hydrogen) atoms. The highest BCUT2D eigenvalue weighted by Gasteiger charge is 2.15. The predicted molar refractivity (Wildman–Crippen MR) is 125 cm³/mol. The first-order valence-electron chi connectivity index (χ1n) is 10.4. The van der Waals surface area contributed by atoms with E-state index < -0.39 is 5.97 Å². The first-order chi connectivity index (χ1) is 15.6. The third kappa shape index (κ3) is 5.39. The van der Waals surface area contributed by atoms with Crippen LogP contribution in [0.1, 0.15) is 28.8 Å². The Morgan fingerprint density at radius 3 is 2.53 bits per heavy atom. The maximum absolute atomic E-state index is 11.3. The van der Waals surface area contributed by atoms with Crippen molar-refractivity contribution in [1.29, 1.82) is 0 Å². The van der Waals surface area contributed by atoms with E-state index >= 15 is 0 Å². The zero-order valence-electron chi connectivity index (χ0n) is 17.4. The predicted octanol–water partition coefficient (Wildman–Crippen LogP) is 6.05. The van der Waals surface area contributed by atoms with Gasteiger partial charge in [-0.2, -0.15) is 4.98 Å². The topological polar surface area (TPSA) is 75.8 Å². The second-order valence-corrected chi connectivity index (χ2v) is 7.81. The van der Waals surface area contributed by atoms with Crippen molar-refractivity contribution in [3.05, 3.63) is 88.9 Å². The van der Waals surface area contributed by atoms with Crippen molar-refractivity contribution in [2.24, 2.45) is 0 Å². The number of anilines is 1. The summed E-state index contributed by atoms with van der Waals surface area (Å²) in [7, 11) is 0. The Morgan fingerprint density at radius 2 is 1.75 bits per heavy atom. The fourth-order valence-electron chi connectivity index (χ4n) is 3.40. The zero-order valence-corrected chi connectivity index (χ0v) is 18.2. The van der Waals surface area contributed by atoms with Gasteiger partial charge in [-0.25, -0.2) is 4.79 Å². The number of para-hydroxylation sites is 3. The molecule has 0 saturated heterocycles. The Labute approximate surface area is 191 Å². The highest BCUT2D eigenvalue weighted by atomic mass is 35.5. The molecule has 6 nitrogen and oxygen atoms in total. The fourth-order valence-corrected chi connectivity index (χ4v) is 3.53. The molecule has 4 rings (SSSR count). The molecule has 1 aromatic heterocycles. The Morgan fingerprint density at radius 1 is 1.00 bits per heavy atom. The summed E-state index contributed by atoms with van der Waals surface area (Å²) in [4.78, 5) is 18.0. The summed E-state index contributed by atoms with van der Waals surface area (Å²) in [5, 5.41) is 9.97. The molecule has 1 N–H and O–H groups in total. The van der Waals surface area contributed by atoms with Crippen molar-refractivity contribution in [3.63, 3.8) is 0 Å². The van der Waals surface area contributed by atoms with Crippen LogP contribution in [0.2, 0.25) is 5.02 Å². The number of benzene rings is 3. The number of unbranched alkanes of at least 4 members (excludes halogenated alkanes) is 1. The fraction of sp³-hybridized carbons (Fsp3) is 0.200. The van der Waals surface area contributed by atoms with Crippen LogP contribution in [0.5, 0.6) is 5.75 Å². The second-order valence-electron chi connectivity index (χ2n) is 7.37. The summed E-state index contributed by atoms with van der Waals surface area (Å²) in [5.74, 6) is -0.609. The number of aromatic nitrogens is 1. The molecule has 3 aromatic carbocycles. The molecule has 7 heteroatoms. The monoisotopic (exact) mass is 450 g/mol. The first kappa shape index (κ1) is 21.7. The van der Waals surface area contributed by atoms with E-state index in [9.17, 15) is 9.90 Å². The third-order valence-electron chi connectivity index (χ3n) is 5.04. The molecule has 0 radical (unpaired) electrons. The largest absolute Gasteiger partial charge is 0.493 e. The van der Waals surface area contributed by atoms with Gasteiger partial charge in [-0.3, -0.25) is 0 Å². The molecule has 0 aliphatic carbocycles. The van der Waals surface area contributed by atoms with Crippen molar-refractivity contribution in [2.45, 2.75) is 19.4 Å². The molecule has 0 saturated carbocycles. The number of hydrogen-bond donors (Lipinski definition) is 1. The van der Waals surface area contributed by atoms with Gasteiger partial charge in [0, 0.05) is 18.1 Å². The molecule has 0 unspecified atom stereocenters. The summed E-state index contributed by atoms with van der Waals surface area (Å²) in [6.07, 6.45) is 1.58. The van der Waals surface area contributed by atoms with Crippen LogP contribution in [0.25, 0.3) is 11.1 Å². The van der Waals surface area contributed by atoms with Crippen molar-refractivity contribution in [3.8, 4) is 5.75 Å². The van der Waals surface area contributed by atoms with Crippen LogP contribution >= 0.6 is 11.6 Å². The molecule has 0 amide bonds. The molecule has 0 aliphatic heterocycles. The summed E-state index contributed by atoms with van der Waals surface area (Å²) in [6, 6.07) is 22.6. The Hall–Kier alpha value is -3.51. The van der Waals surface area contributed by atoms with Crippen LogP contribution in [0.3, 0.4) is 0 Å². The highest BCUT2D eigenvalue weighted by molar-refractivity contribution is 6.30. The summed E-state index contributed by atoms with van der Waals surface area (Å²) in [6.45, 7) is 1.76. The first-order valence-corrected chi connectivity index (χ1v) is 10.8. The molecule has 0 spiro atoms. The van der Waals surface area contributed by atoms with Gasteiger partial charge >= 0.3 is 5.97 Å². The minimum Gasteiger partial charge on any atom is -0.493 e. The summed E-state index contributed by atoms with van der Waals surface area (Å²) < 4.78 is 11.7. The van der Waals surface area contributed by atoms with Gasteiger partial charge in [-0.05, 0) is 54.8 Å². The van der Waals surface area contributed by atoms with Crippen LogP contribution in [0.15, 0.2) is 77.2 Å². The number of nitrogens with zero attached hydrogens (tertiary/aromatic N) is 2. The normalized spacial score (nSPS) is 10.9. The second kappa shape index (κ2) is 10.2. The van der Waals surface area contributed by atoms with Crippen LogP contribution in [0, 0.1) is 0 Å². The highest BCUT2D eigenvalue weighted by Crippen LogP contribution is 2.24. The van der Waals surface area contributed by atoms with Gasteiger partial charge in [0.25, 0.3) is 6.01 Å². The molecule has 164 valence electrons. The SMILES string of the molecule is O=C(O)c1ccccc1OCCCCN(Cc1ccc(Cl)cc1)c1nc2ccccc2o1. The van der Waals surface area contributed by atoms with Gasteiger partial charge in [0.2, 0.25) is 0 Å². The lowest BCUT2D eigenvalue weighted by Crippen LogP contribution is -2.24. The van der Waals surface area contributed by atoms with Gasteiger partial charge < -0.3 is 19.2 Å². The molecule has 0 fully saturated rings. The number of carboxylic acid groups (broad SMARTS) is 1. The van der Waals surface area contributed by atoms with Crippen LogP contribution < -0.4 is 9.64 Å². The minimum atomic E-state index is -0.995. The van der Waals surface area contributed by atoms with Crippen molar-refractivity contribution >= 4 is 34.7 Å². The number of halogens is 1. The van der Waals surface area contributed by atoms with Crippen LogP contribution in [0.4, 0.5) is 6.01 Å². The summed E-state index contributed by atoms with van der Waals surface area (Å²) in [5.41, 5.74) is 2.83. The van der Waals surface area contributed by atoms with E-state index in [1.165, 1.54) is 0 Å². The lowest BCUT2D eigenvalue weighted by molar-refractivity contribution is 0.0692. The van der Waals surface area contributed by atoms with E-state index in [0.29, 0.717) is 36.5 Å². The molecule has 4 aromatic rings. The van der Waals surface area contributed by atoms with Crippen LogP contribution in [-0.4, -0.2) is 29.2 Å². The van der Waals surface area contributed by atoms with Crippen molar-refractivity contribution < 1.29 is 19.1 Å². The summed E-state index contributed by atoms with van der Waals surface area (Å²) >= 11 is 6.02. The average molecular weight is 451 g/mol. The molecular weight excluding hydrogens is 428 g/mol. The number of fused-ring (bicyclic) bond motifs is 1. The number of ether oxygens (including phenoxy) is 1. The van der Waals surface area contributed by atoms with Gasteiger partial charge in [0.05, 0.1) is 6.61 Å². The Bertz CT molecular complexity index is 1160. The van der Waals surface area contributed by atoms with E-state index in [1.54, 1.807) is 24.3 Å². The lowest BCUT2D eigenvalue weighted by Gasteiger charge is -2.21. The minimum absolute atomic E-state index is 0.170. The standard InChI is InChI=1S/C25H23ClN2O4/c26-19-13-11-18(12-14-19)17-28(25-27-21-8-2-4-10-23(21)32-25)15-5-6-16-31-22-9-3-1-7-20(22)24(29)30/h1-4,7-14H,5-6,15-17H2,(H,29,30). The van der Waals surface area contributed by atoms with Gasteiger partial charge in [0.1, 0.15) is 16.8 Å². The maximum Gasteiger partial charge on any atom is 0.339 e. The van der Waals surface area contributed by atoms with Crippen LogP contribution in [-0.2, 0) is 6.54 Å². The number of rotatable bonds is 10. The van der Waals surface area contributed by atoms with Crippen molar-refractivity contribution in [1.82, 2.24) is 4.98 Å². The smallest absolute Gasteiger partial charge is 0.339 e. The molecule has 1 heterocycles. The van der Waals surface area contributed by atoms with E-state index in [-0.39, 0.29) is 5.56 Å². The number of oxazole rings is 1. The van der Waals surface area contributed by atoms with Crippen molar-refractivity contribution in [2.75, 3.05) is 18.1 Å². The number of hydrogen-bond acceptors (Lipinski definition) is 5. The Kier molecular flexibility index (Phi) is 6.92. The maximum atomic E-state index is 11.3. The van der Waals surface area contributed by atoms with Gasteiger partial charge in [0.15, 0.2) is 5.58 Å². The van der Waals surface area contributed by atoms with E-state index in [0.717, 1.165) is 29.5 Å². The zero-order chi connectivity index (χ0) is 22.3. The molecular formula is C25H23ClN2O4. The molecule has 0 bridgehead atoms. The molecule has 0 aliphatic rings. The Balaban J connectivity index is 1.40. The van der Waals surface area contributed by atoms with Gasteiger partial charge in [-0.15, -0.1) is 0 Å². The number of aromatic carboxylic acids is 1. The number of carboxylic acids is 1.